The minimum absolute atomic E-state index is 0.138. The van der Waals surface area contributed by atoms with E-state index in [1.165, 1.54) is 0 Å². The normalized spacial score (nSPS) is 19.5. The number of carboxylic acids is 1. The van der Waals surface area contributed by atoms with Crippen LogP contribution in [-0.4, -0.2) is 41.6 Å². The third kappa shape index (κ3) is 5.09. The summed E-state index contributed by atoms with van der Waals surface area (Å²) >= 11 is 0. The third-order valence-corrected chi connectivity index (χ3v) is 3.57. The van der Waals surface area contributed by atoms with Crippen molar-refractivity contribution in [3.8, 4) is 0 Å². The van der Waals surface area contributed by atoms with Gasteiger partial charge in [-0.05, 0) is 24.2 Å². The van der Waals surface area contributed by atoms with Gasteiger partial charge < -0.3 is 15.3 Å². The molecule has 1 fully saturated rings. The maximum absolute atomic E-state index is 12.0. The zero-order valence-electron chi connectivity index (χ0n) is 12.4. The number of hydrogen-bond acceptors (Lipinski definition) is 2. The van der Waals surface area contributed by atoms with E-state index in [-0.39, 0.29) is 18.0 Å². The Hall–Kier alpha value is -1.26. The summed E-state index contributed by atoms with van der Waals surface area (Å²) in [7, 11) is 0. The summed E-state index contributed by atoms with van der Waals surface area (Å²) in [5.74, 6) is -1.03. The van der Waals surface area contributed by atoms with E-state index in [0.717, 1.165) is 19.5 Å². The molecule has 110 valence electrons. The standard InChI is InChI=1S/C14H26N2O3/c1-10(2)7-11(12(17)18)8-15-13(19)16-6-5-14(3,4)9-16/h10-11H,5-9H2,1-4H3,(H,15,19)(H,17,18). The van der Waals surface area contributed by atoms with Crippen molar-refractivity contribution in [1.82, 2.24) is 10.2 Å². The van der Waals surface area contributed by atoms with Gasteiger partial charge in [-0.25, -0.2) is 4.79 Å². The van der Waals surface area contributed by atoms with E-state index in [9.17, 15) is 9.59 Å². The monoisotopic (exact) mass is 270 g/mol. The van der Waals surface area contributed by atoms with Gasteiger partial charge in [-0.15, -0.1) is 0 Å². The molecule has 5 heteroatoms. The second-order valence-corrected chi connectivity index (χ2v) is 6.69. The largest absolute Gasteiger partial charge is 0.481 e. The van der Waals surface area contributed by atoms with Crippen LogP contribution in [0.15, 0.2) is 0 Å². The van der Waals surface area contributed by atoms with Crippen molar-refractivity contribution >= 4 is 12.0 Å². The number of nitrogens with one attached hydrogen (secondary N) is 1. The van der Waals surface area contributed by atoms with Gasteiger partial charge in [0.1, 0.15) is 0 Å². The first-order chi connectivity index (χ1) is 8.71. The Labute approximate surface area is 115 Å². The van der Waals surface area contributed by atoms with Crippen LogP contribution in [0.3, 0.4) is 0 Å². The molecule has 1 aliphatic heterocycles. The molecule has 1 saturated heterocycles. The quantitative estimate of drug-likeness (QED) is 0.804. The van der Waals surface area contributed by atoms with Gasteiger partial charge >= 0.3 is 12.0 Å². The Morgan fingerprint density at radius 1 is 1.37 bits per heavy atom. The lowest BCUT2D eigenvalue weighted by molar-refractivity contribution is -0.142. The zero-order chi connectivity index (χ0) is 14.6. The van der Waals surface area contributed by atoms with Crippen LogP contribution >= 0.6 is 0 Å². The van der Waals surface area contributed by atoms with Crippen LogP contribution in [0, 0.1) is 17.3 Å². The van der Waals surface area contributed by atoms with Crippen molar-refractivity contribution in [2.24, 2.45) is 17.3 Å². The predicted octanol–water partition coefficient (Wildman–Crippen LogP) is 2.17. The van der Waals surface area contributed by atoms with Crippen molar-refractivity contribution in [3.05, 3.63) is 0 Å². The van der Waals surface area contributed by atoms with E-state index in [0.29, 0.717) is 12.3 Å². The fourth-order valence-electron chi connectivity index (χ4n) is 2.45. The molecule has 1 rings (SSSR count). The molecule has 1 atom stereocenters. The maximum Gasteiger partial charge on any atom is 0.317 e. The number of hydrogen-bond donors (Lipinski definition) is 2. The maximum atomic E-state index is 12.0. The van der Waals surface area contributed by atoms with Gasteiger partial charge in [0.25, 0.3) is 0 Å². The van der Waals surface area contributed by atoms with Gasteiger partial charge in [0.05, 0.1) is 5.92 Å². The molecule has 19 heavy (non-hydrogen) atoms. The van der Waals surface area contributed by atoms with Crippen LogP contribution in [0.25, 0.3) is 0 Å². The Morgan fingerprint density at radius 3 is 2.42 bits per heavy atom. The smallest absolute Gasteiger partial charge is 0.317 e. The summed E-state index contributed by atoms with van der Waals surface area (Å²) in [6.45, 7) is 9.95. The molecule has 0 radical (unpaired) electrons. The van der Waals surface area contributed by atoms with E-state index >= 15 is 0 Å². The molecule has 0 aromatic heterocycles. The Kier molecular flexibility index (Phi) is 5.20. The minimum atomic E-state index is -0.837. The lowest BCUT2D eigenvalue weighted by Crippen LogP contribution is -2.42. The highest BCUT2D eigenvalue weighted by Crippen LogP contribution is 2.28. The van der Waals surface area contributed by atoms with E-state index in [1.807, 2.05) is 13.8 Å². The fourth-order valence-corrected chi connectivity index (χ4v) is 2.45. The summed E-state index contributed by atoms with van der Waals surface area (Å²) in [6.07, 6.45) is 1.58. The molecule has 0 spiro atoms. The molecule has 2 amide bonds. The zero-order valence-corrected chi connectivity index (χ0v) is 12.4. The van der Waals surface area contributed by atoms with Gasteiger partial charge in [-0.1, -0.05) is 27.7 Å². The summed E-state index contributed by atoms with van der Waals surface area (Å²) in [6, 6.07) is -0.138. The summed E-state index contributed by atoms with van der Waals surface area (Å²) in [5.41, 5.74) is 0.168. The van der Waals surface area contributed by atoms with Gasteiger partial charge in [0.15, 0.2) is 0 Å². The number of urea groups is 1. The van der Waals surface area contributed by atoms with Crippen LogP contribution in [0.2, 0.25) is 0 Å². The molecule has 0 aromatic rings. The summed E-state index contributed by atoms with van der Waals surface area (Å²) < 4.78 is 0. The van der Waals surface area contributed by atoms with Crippen molar-refractivity contribution in [1.29, 1.82) is 0 Å². The lowest BCUT2D eigenvalue weighted by Gasteiger charge is -2.22. The summed E-state index contributed by atoms with van der Waals surface area (Å²) in [5, 5.41) is 11.9. The molecular formula is C14H26N2O3. The predicted molar refractivity (Wildman–Crippen MR) is 74.0 cm³/mol. The fraction of sp³-hybridized carbons (Fsp3) is 0.857. The highest BCUT2D eigenvalue weighted by atomic mass is 16.4. The molecule has 5 nitrogen and oxygen atoms in total. The van der Waals surface area contributed by atoms with E-state index < -0.39 is 11.9 Å². The number of carbonyl (C=O) groups is 2. The number of rotatable bonds is 5. The molecule has 2 N–H and O–H groups in total. The minimum Gasteiger partial charge on any atom is -0.481 e. The van der Waals surface area contributed by atoms with E-state index in [1.54, 1.807) is 4.90 Å². The number of aliphatic carboxylic acids is 1. The van der Waals surface area contributed by atoms with Crippen molar-refractivity contribution < 1.29 is 14.7 Å². The first kappa shape index (κ1) is 15.8. The average Bonchev–Trinajstić information content (AvgIpc) is 2.63. The van der Waals surface area contributed by atoms with Gasteiger partial charge in [0.2, 0.25) is 0 Å². The number of carboxylic acid groups (broad SMARTS) is 1. The van der Waals surface area contributed by atoms with Gasteiger partial charge in [-0.2, -0.15) is 0 Å². The molecule has 0 aromatic carbocycles. The number of amides is 2. The molecule has 1 heterocycles. The number of carbonyl (C=O) groups excluding carboxylic acids is 1. The first-order valence-corrected chi connectivity index (χ1v) is 6.97. The van der Waals surface area contributed by atoms with Crippen molar-refractivity contribution in [2.75, 3.05) is 19.6 Å². The molecule has 0 bridgehead atoms. The molecule has 1 unspecified atom stereocenters. The van der Waals surface area contributed by atoms with Gasteiger partial charge in [0, 0.05) is 19.6 Å². The van der Waals surface area contributed by atoms with Crippen molar-refractivity contribution in [3.63, 3.8) is 0 Å². The Balaban J connectivity index is 2.42. The average molecular weight is 270 g/mol. The van der Waals surface area contributed by atoms with Crippen LogP contribution in [0.4, 0.5) is 4.79 Å². The Bertz CT molecular complexity index is 340. The highest BCUT2D eigenvalue weighted by Gasteiger charge is 2.32. The molecule has 0 aliphatic carbocycles. The summed E-state index contributed by atoms with van der Waals surface area (Å²) in [4.78, 5) is 24.8. The highest BCUT2D eigenvalue weighted by molar-refractivity contribution is 5.76. The number of likely N-dealkylation sites (tertiary alicyclic amines) is 1. The topological polar surface area (TPSA) is 69.6 Å². The molecule has 1 aliphatic rings. The molecular weight excluding hydrogens is 244 g/mol. The molecule has 0 saturated carbocycles. The second-order valence-electron chi connectivity index (χ2n) is 6.69. The second kappa shape index (κ2) is 6.26. The van der Waals surface area contributed by atoms with E-state index in [2.05, 4.69) is 19.2 Å². The van der Waals surface area contributed by atoms with E-state index in [4.69, 9.17) is 5.11 Å². The van der Waals surface area contributed by atoms with Crippen molar-refractivity contribution in [2.45, 2.75) is 40.5 Å². The van der Waals surface area contributed by atoms with Gasteiger partial charge in [-0.3, -0.25) is 4.79 Å². The van der Waals surface area contributed by atoms with Crippen LogP contribution in [0.1, 0.15) is 40.5 Å². The lowest BCUT2D eigenvalue weighted by atomic mass is 9.93. The van der Waals surface area contributed by atoms with Crippen LogP contribution in [-0.2, 0) is 4.79 Å². The number of nitrogens with zero attached hydrogens (tertiary/aromatic N) is 1. The third-order valence-electron chi connectivity index (χ3n) is 3.57. The SMILES string of the molecule is CC(C)CC(CNC(=O)N1CCC(C)(C)C1)C(=O)O. The van der Waals surface area contributed by atoms with Crippen LogP contribution in [0.5, 0.6) is 0 Å². The first-order valence-electron chi connectivity index (χ1n) is 6.97. The van der Waals surface area contributed by atoms with Crippen LogP contribution < -0.4 is 5.32 Å². The Morgan fingerprint density at radius 2 is 2.00 bits per heavy atom.